The van der Waals surface area contributed by atoms with Crippen LogP contribution < -0.4 is 16.2 Å². The van der Waals surface area contributed by atoms with E-state index in [-0.39, 0.29) is 11.4 Å². The van der Waals surface area contributed by atoms with Crippen LogP contribution in [0.5, 0.6) is 0 Å². The summed E-state index contributed by atoms with van der Waals surface area (Å²) in [6, 6.07) is 17.1. The number of nitrogens with zero attached hydrogens (tertiary/aromatic N) is 3. The fourth-order valence-corrected chi connectivity index (χ4v) is 5.00. The Bertz CT molecular complexity index is 1440. The van der Waals surface area contributed by atoms with Gasteiger partial charge in [-0.15, -0.1) is 0 Å². The van der Waals surface area contributed by atoms with Crippen LogP contribution in [0.3, 0.4) is 0 Å². The second-order valence-corrected chi connectivity index (χ2v) is 9.65. The summed E-state index contributed by atoms with van der Waals surface area (Å²) >= 11 is 0. The van der Waals surface area contributed by atoms with Crippen molar-refractivity contribution in [3.63, 3.8) is 0 Å². The molecule has 1 saturated heterocycles. The number of nitrogens with two attached hydrogens (primary N) is 1. The molecule has 0 radical (unpaired) electrons. The highest BCUT2D eigenvalue weighted by Gasteiger charge is 2.26. The summed E-state index contributed by atoms with van der Waals surface area (Å²) in [5.41, 5.74) is 9.70. The van der Waals surface area contributed by atoms with Crippen molar-refractivity contribution in [1.82, 2.24) is 14.9 Å². The van der Waals surface area contributed by atoms with Crippen LogP contribution in [0.4, 0.5) is 15.9 Å². The first-order valence-corrected chi connectivity index (χ1v) is 12.2. The standard InChI is InChI=1S/C28H28FN5O/c29-26-24(16-25(27(30)32-26)20-5-8-23-21(15-20)9-10-31-28(23)35)19-3-6-22(7-4-19)34-13-11-33(12-14-34)17-18-1-2-18/h3-10,15-16,18H,1-2,11-14,17H2,(H2,30,32)(H,31,35). The molecule has 35 heavy (non-hydrogen) atoms. The quantitative estimate of drug-likeness (QED) is 0.421. The van der Waals surface area contributed by atoms with Gasteiger partial charge in [-0.25, -0.2) is 4.98 Å². The van der Waals surface area contributed by atoms with Crippen LogP contribution >= 0.6 is 0 Å². The Hall–Kier alpha value is -3.71. The molecule has 2 aromatic carbocycles. The van der Waals surface area contributed by atoms with Gasteiger partial charge in [0, 0.05) is 61.1 Å². The van der Waals surface area contributed by atoms with Gasteiger partial charge in [-0.05, 0) is 71.7 Å². The molecule has 3 heterocycles. The zero-order valence-electron chi connectivity index (χ0n) is 19.5. The number of nitrogens with one attached hydrogen (secondary N) is 1. The first-order chi connectivity index (χ1) is 17.0. The first kappa shape index (κ1) is 21.8. The van der Waals surface area contributed by atoms with Crippen molar-refractivity contribution < 1.29 is 4.39 Å². The topological polar surface area (TPSA) is 78.2 Å². The van der Waals surface area contributed by atoms with E-state index in [1.807, 2.05) is 30.3 Å². The number of anilines is 2. The van der Waals surface area contributed by atoms with Gasteiger partial charge in [0.05, 0.1) is 0 Å². The molecule has 3 N–H and O–H groups in total. The lowest BCUT2D eigenvalue weighted by Crippen LogP contribution is -2.47. The minimum Gasteiger partial charge on any atom is -0.383 e. The number of pyridine rings is 2. The predicted octanol–water partition coefficient (Wildman–Crippen LogP) is 4.51. The summed E-state index contributed by atoms with van der Waals surface area (Å²) in [4.78, 5) is 23.7. The number of hydrogen-bond donors (Lipinski definition) is 2. The average Bonchev–Trinajstić information content (AvgIpc) is 3.69. The van der Waals surface area contributed by atoms with Gasteiger partial charge in [-0.1, -0.05) is 18.2 Å². The van der Waals surface area contributed by atoms with Gasteiger partial charge in [0.15, 0.2) is 0 Å². The molecule has 1 aliphatic carbocycles. The molecule has 178 valence electrons. The van der Waals surface area contributed by atoms with Crippen molar-refractivity contribution in [3.8, 4) is 22.3 Å². The largest absolute Gasteiger partial charge is 0.383 e. The molecule has 2 fully saturated rings. The van der Waals surface area contributed by atoms with Crippen molar-refractivity contribution in [2.45, 2.75) is 12.8 Å². The number of aromatic amines is 1. The van der Waals surface area contributed by atoms with Gasteiger partial charge in [0.25, 0.3) is 5.56 Å². The predicted molar refractivity (Wildman–Crippen MR) is 139 cm³/mol. The maximum atomic E-state index is 14.9. The van der Waals surface area contributed by atoms with Gasteiger partial charge < -0.3 is 15.6 Å². The summed E-state index contributed by atoms with van der Waals surface area (Å²) in [6.07, 6.45) is 4.39. The number of benzene rings is 2. The molecule has 2 aromatic heterocycles. The number of rotatable bonds is 5. The van der Waals surface area contributed by atoms with E-state index in [4.69, 9.17) is 5.73 Å². The van der Waals surface area contributed by atoms with Crippen molar-refractivity contribution >= 4 is 22.3 Å². The molecule has 1 aliphatic heterocycles. The molecule has 0 spiro atoms. The van der Waals surface area contributed by atoms with E-state index in [1.54, 1.807) is 18.3 Å². The number of hydrogen-bond acceptors (Lipinski definition) is 5. The molecule has 2 aliphatic rings. The van der Waals surface area contributed by atoms with Gasteiger partial charge in [-0.3, -0.25) is 9.69 Å². The van der Waals surface area contributed by atoms with Crippen molar-refractivity contribution in [3.05, 3.63) is 77.1 Å². The van der Waals surface area contributed by atoms with Crippen LogP contribution in [0.15, 0.2) is 65.6 Å². The van der Waals surface area contributed by atoms with Gasteiger partial charge in [0.2, 0.25) is 5.95 Å². The van der Waals surface area contributed by atoms with Gasteiger partial charge >= 0.3 is 0 Å². The Morgan fingerprint density at radius 1 is 0.943 bits per heavy atom. The number of H-pyrrole nitrogens is 1. The second-order valence-electron chi connectivity index (χ2n) is 9.65. The number of piperazine rings is 1. The lowest BCUT2D eigenvalue weighted by molar-refractivity contribution is 0.248. The summed E-state index contributed by atoms with van der Waals surface area (Å²) in [7, 11) is 0. The highest BCUT2D eigenvalue weighted by atomic mass is 19.1. The van der Waals surface area contributed by atoms with E-state index in [9.17, 15) is 9.18 Å². The Morgan fingerprint density at radius 2 is 1.69 bits per heavy atom. The van der Waals surface area contributed by atoms with Crippen LogP contribution in [0.25, 0.3) is 33.0 Å². The Labute approximate surface area is 203 Å². The highest BCUT2D eigenvalue weighted by Crippen LogP contribution is 2.34. The fourth-order valence-electron chi connectivity index (χ4n) is 5.00. The SMILES string of the molecule is Nc1nc(F)c(-c2ccc(N3CCN(CC4CC4)CC3)cc2)cc1-c1ccc2c(=O)[nH]ccc2c1. The third-order valence-corrected chi connectivity index (χ3v) is 7.22. The molecule has 0 unspecified atom stereocenters. The fraction of sp³-hybridized carbons (Fsp3) is 0.286. The highest BCUT2D eigenvalue weighted by molar-refractivity contribution is 5.89. The molecule has 6 nitrogen and oxygen atoms in total. The van der Waals surface area contributed by atoms with Crippen LogP contribution in [-0.2, 0) is 0 Å². The van der Waals surface area contributed by atoms with E-state index in [1.165, 1.54) is 19.4 Å². The third-order valence-electron chi connectivity index (χ3n) is 7.22. The van der Waals surface area contributed by atoms with E-state index < -0.39 is 5.95 Å². The number of fused-ring (bicyclic) bond motifs is 1. The smallest absolute Gasteiger partial charge is 0.255 e. The monoisotopic (exact) mass is 469 g/mol. The summed E-state index contributed by atoms with van der Waals surface area (Å²) in [5.74, 6) is 0.451. The first-order valence-electron chi connectivity index (χ1n) is 12.2. The van der Waals surface area contributed by atoms with Crippen LogP contribution in [0.1, 0.15) is 12.8 Å². The van der Waals surface area contributed by atoms with Crippen molar-refractivity contribution in [2.75, 3.05) is 43.4 Å². The van der Waals surface area contributed by atoms with E-state index in [0.717, 1.165) is 54.3 Å². The minimum absolute atomic E-state index is 0.121. The zero-order valence-corrected chi connectivity index (χ0v) is 19.5. The summed E-state index contributed by atoms with van der Waals surface area (Å²) in [5, 5.41) is 1.38. The Balaban J connectivity index is 1.26. The number of halogens is 1. The lowest BCUT2D eigenvalue weighted by Gasteiger charge is -2.36. The molecule has 6 rings (SSSR count). The molecule has 1 saturated carbocycles. The van der Waals surface area contributed by atoms with E-state index in [0.29, 0.717) is 16.5 Å². The van der Waals surface area contributed by atoms with Crippen LogP contribution in [0, 0.1) is 11.9 Å². The molecule has 0 atom stereocenters. The Morgan fingerprint density at radius 3 is 2.43 bits per heavy atom. The van der Waals surface area contributed by atoms with E-state index >= 15 is 0 Å². The summed E-state index contributed by atoms with van der Waals surface area (Å²) in [6.45, 7) is 5.45. The molecule has 0 bridgehead atoms. The zero-order chi connectivity index (χ0) is 23.9. The molecular weight excluding hydrogens is 441 g/mol. The maximum Gasteiger partial charge on any atom is 0.255 e. The lowest BCUT2D eigenvalue weighted by atomic mass is 9.98. The molecular formula is C28H28FN5O. The van der Waals surface area contributed by atoms with E-state index in [2.05, 4.69) is 31.9 Å². The Kier molecular flexibility index (Phi) is 5.49. The average molecular weight is 470 g/mol. The van der Waals surface area contributed by atoms with Crippen molar-refractivity contribution in [2.24, 2.45) is 5.92 Å². The number of nitrogen functional groups attached to an aromatic ring is 1. The second kappa shape index (κ2) is 8.82. The normalized spacial score (nSPS) is 16.7. The number of aromatic nitrogens is 2. The minimum atomic E-state index is -0.593. The van der Waals surface area contributed by atoms with Crippen LogP contribution in [0.2, 0.25) is 0 Å². The maximum absolute atomic E-state index is 14.9. The third kappa shape index (κ3) is 4.39. The summed E-state index contributed by atoms with van der Waals surface area (Å²) < 4.78 is 14.9. The van der Waals surface area contributed by atoms with Gasteiger partial charge in [0.1, 0.15) is 5.82 Å². The van der Waals surface area contributed by atoms with Gasteiger partial charge in [-0.2, -0.15) is 4.39 Å². The molecule has 4 aromatic rings. The van der Waals surface area contributed by atoms with Crippen LogP contribution in [-0.4, -0.2) is 47.6 Å². The van der Waals surface area contributed by atoms with Crippen molar-refractivity contribution in [1.29, 1.82) is 0 Å². The molecule has 0 amide bonds. The molecule has 7 heteroatoms.